The van der Waals surface area contributed by atoms with Crippen LogP contribution in [0.5, 0.6) is 0 Å². The van der Waals surface area contributed by atoms with Crippen LogP contribution in [0.4, 0.5) is 0 Å². The van der Waals surface area contributed by atoms with Gasteiger partial charge >= 0.3 is 11.9 Å². The third kappa shape index (κ3) is 26.5. The number of hydrogen-bond donors (Lipinski definition) is 8. The highest BCUT2D eigenvalue weighted by atomic mass is 16.6. The number of carbonyl (C=O) groups excluding carboxylic acids is 2. The number of carbonyl (C=O) groups is 2. The molecule has 6 aliphatic heterocycles. The highest BCUT2D eigenvalue weighted by molar-refractivity contribution is 5.83. The lowest BCUT2D eigenvalue weighted by molar-refractivity contribution is -0.158. The van der Waals surface area contributed by atoms with E-state index in [9.17, 15) is 50.4 Å². The Balaban J connectivity index is 1.19. The number of hydrogen-bond acceptors (Lipinski definition) is 21. The van der Waals surface area contributed by atoms with Crippen LogP contribution in [0.15, 0.2) is 60.3 Å². The van der Waals surface area contributed by atoms with Gasteiger partial charge in [-0.1, -0.05) is 97.4 Å². The van der Waals surface area contributed by atoms with E-state index >= 15 is 0 Å². The third-order valence-corrected chi connectivity index (χ3v) is 23.1. The van der Waals surface area contributed by atoms with Gasteiger partial charge in [0.2, 0.25) is 0 Å². The fourth-order valence-corrected chi connectivity index (χ4v) is 15.9. The molecule has 21 heteroatoms. The maximum Gasteiger partial charge on any atom is 0.331 e. The van der Waals surface area contributed by atoms with Gasteiger partial charge in [0.15, 0.2) is 0 Å². The third-order valence-electron chi connectivity index (χ3n) is 23.1. The maximum atomic E-state index is 14.0. The molecule has 6 heterocycles. The first-order chi connectivity index (χ1) is 46.8. The van der Waals surface area contributed by atoms with Crippen LogP contribution >= 0.6 is 0 Å². The summed E-state index contributed by atoms with van der Waals surface area (Å²) >= 11 is 0. The van der Waals surface area contributed by atoms with Crippen molar-refractivity contribution in [1.29, 1.82) is 0 Å². The standard InChI is InChI=1S/C78H132O21/c1-44-23-27-55(79)35-57-19-17-21-59(95-57)40-69(91-15)49(6)66(82)43-68(84)52(9)77(54(11)75(88)46(3)26-29-62-39-64(90-14)34-48(5)94-62)98-73(86)31-32-78(12)71(99-78)37-56(80)36-58-20-18-22-60(96-58)41-70(92-16)50(7)65(81)42-67(83)51(8)76(97-72(85)30-24-44)53(10)74(87)45(2)25-28-61-38-63(89-13)33-47(4)93-61/h17-20,23-24,30-32,45-71,74-77,79-84,87-88H,21-22,25-29,33-43H2,1-16H3/t45-,46-,47-,48-,49-,50-,51-,52-,53-,54-,55-,56+,57-,58-,59-,60-,61-,62-,63+,64+,65-,66-,67+,68+,69-,70-,71-,74-,75-,76-,77-,78-/m0/s1. The minimum Gasteiger partial charge on any atom is -0.458 e. The summed E-state index contributed by atoms with van der Waals surface area (Å²) in [5, 5.41) is 94.7. The number of epoxide rings is 1. The van der Waals surface area contributed by atoms with Crippen LogP contribution in [0, 0.1) is 47.3 Å². The zero-order valence-electron chi connectivity index (χ0n) is 62.7. The zero-order chi connectivity index (χ0) is 73.0. The molecule has 0 radical (unpaired) electrons. The van der Waals surface area contributed by atoms with Crippen molar-refractivity contribution in [1.82, 2.24) is 0 Å². The number of fused-ring (bicyclic) bond motifs is 5. The van der Waals surface area contributed by atoms with Gasteiger partial charge in [0.1, 0.15) is 17.8 Å². The largest absolute Gasteiger partial charge is 0.458 e. The molecule has 0 unspecified atom stereocenters. The lowest BCUT2D eigenvalue weighted by Gasteiger charge is -2.38. The molecule has 6 aliphatic rings. The van der Waals surface area contributed by atoms with Crippen LogP contribution in [-0.4, -0.2) is 227 Å². The molecule has 0 saturated carbocycles. The minimum absolute atomic E-state index is 0.0314. The number of ether oxygens (including phenoxy) is 11. The second-order valence-corrected chi connectivity index (χ2v) is 31.2. The highest BCUT2D eigenvalue weighted by Gasteiger charge is 2.51. The smallest absolute Gasteiger partial charge is 0.331 e. The predicted octanol–water partition coefficient (Wildman–Crippen LogP) is 9.32. The second-order valence-electron chi connectivity index (χ2n) is 31.2. The number of aliphatic hydroxyl groups is 8. The van der Waals surface area contributed by atoms with Gasteiger partial charge in [-0.3, -0.25) is 0 Å². The van der Waals surface area contributed by atoms with Crippen molar-refractivity contribution in [3.63, 3.8) is 0 Å². The highest BCUT2D eigenvalue weighted by Crippen LogP contribution is 2.42. The first-order valence-corrected chi connectivity index (χ1v) is 37.5. The summed E-state index contributed by atoms with van der Waals surface area (Å²) < 4.78 is 67.5. The van der Waals surface area contributed by atoms with Crippen molar-refractivity contribution in [2.45, 2.75) is 345 Å². The average molecular weight is 1410 g/mol. The number of cyclic esters (lactones) is 2. The van der Waals surface area contributed by atoms with Crippen LogP contribution in [0.1, 0.15) is 199 Å². The molecule has 0 aliphatic carbocycles. The number of esters is 2. The van der Waals surface area contributed by atoms with Gasteiger partial charge in [-0.05, 0) is 129 Å². The summed E-state index contributed by atoms with van der Waals surface area (Å²) in [5.74, 6) is -5.59. The lowest BCUT2D eigenvalue weighted by atomic mass is 9.78. The fraction of sp³-hybridized carbons (Fsp3) is 0.846. The van der Waals surface area contributed by atoms with Crippen molar-refractivity contribution in [3.8, 4) is 0 Å². The molecule has 0 aromatic heterocycles. The fourth-order valence-electron chi connectivity index (χ4n) is 15.9. The Hall–Kier alpha value is -3.04. The second kappa shape index (κ2) is 41.0. The molecule has 8 N–H and O–H groups in total. The van der Waals surface area contributed by atoms with Crippen molar-refractivity contribution < 1.29 is 103 Å². The van der Waals surface area contributed by atoms with Gasteiger partial charge in [-0.2, -0.15) is 0 Å². The van der Waals surface area contributed by atoms with Gasteiger partial charge in [-0.15, -0.1) is 0 Å². The maximum absolute atomic E-state index is 14.0. The van der Waals surface area contributed by atoms with Crippen molar-refractivity contribution in [2.24, 2.45) is 47.3 Å². The molecule has 3 saturated heterocycles. The molecule has 32 atom stereocenters. The normalized spacial score (nSPS) is 41.7. The van der Waals surface area contributed by atoms with Gasteiger partial charge in [0, 0.05) is 108 Å². The van der Waals surface area contributed by atoms with Gasteiger partial charge in [0.25, 0.3) is 0 Å². The van der Waals surface area contributed by atoms with Crippen LogP contribution in [0.3, 0.4) is 0 Å². The van der Waals surface area contributed by atoms with Crippen molar-refractivity contribution in [3.05, 3.63) is 60.3 Å². The molecule has 99 heavy (non-hydrogen) atoms. The Morgan fingerprint density at radius 3 is 1.36 bits per heavy atom. The molecule has 570 valence electrons. The number of allylic oxidation sites excluding steroid dienone is 2. The van der Waals surface area contributed by atoms with E-state index in [0.29, 0.717) is 56.9 Å². The molecular formula is C78H132O21. The number of aliphatic hydroxyl groups excluding tert-OH is 8. The molecular weight excluding hydrogens is 1270 g/mol. The van der Waals surface area contributed by atoms with Crippen LogP contribution in [0.2, 0.25) is 0 Å². The Labute approximate surface area is 592 Å². The Morgan fingerprint density at radius 1 is 0.505 bits per heavy atom. The summed E-state index contributed by atoms with van der Waals surface area (Å²) in [6, 6.07) is 0. The van der Waals surface area contributed by atoms with Crippen LogP contribution in [0.25, 0.3) is 0 Å². The first kappa shape index (κ1) is 84.9. The topological polar surface area (TPSA) is 301 Å². The summed E-state index contributed by atoms with van der Waals surface area (Å²) in [6.45, 7) is 22.5. The average Bonchev–Trinajstić information content (AvgIpc) is 1.62. The SMILES string of the molecule is CO[C@H]1C[C@H](CC[C@H](C)[C@H](O)[C@H](C)[C@H]2OC(=O)C=C[C@]3(C)O[C@H]3C[C@H](O)C[C@@H]3C=CC[C@@H](C[C@H](OC)[C@@H](C)[C@@H](O)C[C@@H](O)[C@H](C)[C@@H]([C@@H](C)[C@@H](O)[C@@H](C)CC[C@H]4C[C@H](OC)C[C@H](C)O4)OC(=O)C=CC(C)=CC[C@H](O)C[C@@H]4C=CC[C@@H](C[C@H](OC)[C@@H](C)[C@@H](O)C[C@@H](O)[C@@H]2C)O4)O3)O[C@@H](C)C1. The molecule has 0 amide bonds. The molecule has 0 aromatic rings. The van der Waals surface area contributed by atoms with E-state index in [1.165, 1.54) is 12.2 Å². The minimum atomic E-state index is -1.18. The van der Waals surface area contributed by atoms with E-state index < -0.39 is 145 Å². The summed E-state index contributed by atoms with van der Waals surface area (Å²) in [4.78, 5) is 28.0. The van der Waals surface area contributed by atoms with Crippen molar-refractivity contribution >= 4 is 11.9 Å². The molecule has 3 fully saturated rings. The molecule has 0 aromatic carbocycles. The number of rotatable bonds is 16. The Kier molecular flexibility index (Phi) is 35.2. The first-order valence-electron chi connectivity index (χ1n) is 37.5. The summed E-state index contributed by atoms with van der Waals surface area (Å²) in [5.41, 5.74) is -0.209. The van der Waals surface area contributed by atoms with Crippen LogP contribution < -0.4 is 0 Å². The monoisotopic (exact) mass is 1400 g/mol. The molecule has 6 rings (SSSR count). The number of methoxy groups -OCH3 is 4. The Morgan fingerprint density at radius 2 is 0.929 bits per heavy atom. The van der Waals surface area contributed by atoms with Crippen LogP contribution in [-0.2, 0) is 61.7 Å². The molecule has 21 nitrogen and oxygen atoms in total. The predicted molar refractivity (Wildman–Crippen MR) is 377 cm³/mol. The zero-order valence-corrected chi connectivity index (χ0v) is 62.7. The molecule has 4 bridgehead atoms. The van der Waals surface area contributed by atoms with E-state index in [2.05, 4.69) is 0 Å². The van der Waals surface area contributed by atoms with E-state index in [1.807, 2.05) is 99.6 Å². The van der Waals surface area contributed by atoms with E-state index in [-0.39, 0.29) is 99.2 Å². The lowest BCUT2D eigenvalue weighted by Crippen LogP contribution is -2.45. The van der Waals surface area contributed by atoms with Gasteiger partial charge in [-0.25, -0.2) is 9.59 Å². The molecule has 0 spiro atoms. The van der Waals surface area contributed by atoms with Crippen molar-refractivity contribution in [2.75, 3.05) is 28.4 Å². The van der Waals surface area contributed by atoms with E-state index in [0.717, 1.165) is 25.7 Å². The summed E-state index contributed by atoms with van der Waals surface area (Å²) in [7, 11) is 6.58. The summed E-state index contributed by atoms with van der Waals surface area (Å²) in [6.07, 6.45) is 11.6. The van der Waals surface area contributed by atoms with Gasteiger partial charge < -0.3 is 93.0 Å². The van der Waals surface area contributed by atoms with Gasteiger partial charge in [0.05, 0.1) is 128 Å². The van der Waals surface area contributed by atoms with E-state index in [1.54, 1.807) is 54.4 Å². The Bertz CT molecular complexity index is 2530. The van der Waals surface area contributed by atoms with E-state index in [4.69, 9.17) is 52.1 Å². The quantitative estimate of drug-likeness (QED) is 0.0405.